The molecule has 2 saturated heterocycles. The number of aliphatic imine (C=N–C) groups is 1. The van der Waals surface area contributed by atoms with Crippen molar-refractivity contribution in [3.63, 3.8) is 0 Å². The van der Waals surface area contributed by atoms with E-state index in [1.54, 1.807) is 0 Å². The molecule has 6 heteroatoms. The molecule has 0 aliphatic carbocycles. The number of thioether (sulfide) groups is 1. The molecule has 0 amide bonds. The molecule has 5 nitrogen and oxygen atoms in total. The van der Waals surface area contributed by atoms with Crippen LogP contribution in [-0.4, -0.2) is 67.9 Å². The summed E-state index contributed by atoms with van der Waals surface area (Å²) in [6.07, 6.45) is 4.29. The Morgan fingerprint density at radius 1 is 1.22 bits per heavy atom. The molecule has 104 valence electrons. The Morgan fingerprint density at radius 3 is 2.44 bits per heavy atom. The lowest BCUT2D eigenvalue weighted by Gasteiger charge is -2.35. The van der Waals surface area contributed by atoms with E-state index >= 15 is 0 Å². The van der Waals surface area contributed by atoms with Crippen LogP contribution in [0.5, 0.6) is 0 Å². The van der Waals surface area contributed by atoms with E-state index in [0.717, 1.165) is 58.9 Å². The number of hydrogen-bond donors (Lipinski definition) is 1. The van der Waals surface area contributed by atoms with E-state index in [1.807, 2.05) is 11.8 Å². The third-order valence-corrected chi connectivity index (χ3v) is 5.10. The van der Waals surface area contributed by atoms with Crippen LogP contribution in [0.15, 0.2) is 4.99 Å². The Bertz CT molecular complexity index is 287. The summed E-state index contributed by atoms with van der Waals surface area (Å²) in [5, 5.41) is 0. The molecule has 2 aliphatic rings. The molecule has 0 bridgehead atoms. The number of hydrogen-bond acceptors (Lipinski definition) is 4. The SMILES string of the molecule is CSC1(CN=C(N)N2CCOCC2)CCOCC1. The molecule has 0 saturated carbocycles. The Hall–Kier alpha value is -0.460. The molecule has 18 heavy (non-hydrogen) atoms. The van der Waals surface area contributed by atoms with Gasteiger partial charge in [0.05, 0.1) is 19.8 Å². The molecule has 2 fully saturated rings. The molecular formula is C12H23N3O2S. The van der Waals surface area contributed by atoms with Gasteiger partial charge < -0.3 is 20.1 Å². The average Bonchev–Trinajstić information content (AvgIpc) is 2.47. The summed E-state index contributed by atoms with van der Waals surface area (Å²) in [6.45, 7) is 5.67. The van der Waals surface area contributed by atoms with Gasteiger partial charge in [-0.05, 0) is 19.1 Å². The van der Waals surface area contributed by atoms with Crippen molar-refractivity contribution >= 4 is 17.7 Å². The number of ether oxygens (including phenoxy) is 2. The van der Waals surface area contributed by atoms with Gasteiger partial charge in [0.25, 0.3) is 0 Å². The molecule has 0 spiro atoms. The maximum absolute atomic E-state index is 6.06. The van der Waals surface area contributed by atoms with E-state index in [1.165, 1.54) is 0 Å². The van der Waals surface area contributed by atoms with E-state index in [4.69, 9.17) is 15.2 Å². The van der Waals surface area contributed by atoms with Crippen molar-refractivity contribution in [3.05, 3.63) is 0 Å². The van der Waals surface area contributed by atoms with Crippen LogP contribution in [-0.2, 0) is 9.47 Å². The van der Waals surface area contributed by atoms with Crippen molar-refractivity contribution in [1.29, 1.82) is 0 Å². The molecule has 0 unspecified atom stereocenters. The van der Waals surface area contributed by atoms with Gasteiger partial charge in [-0.2, -0.15) is 11.8 Å². The first-order valence-corrected chi connectivity index (χ1v) is 7.74. The molecule has 2 heterocycles. The number of nitrogens with zero attached hydrogens (tertiary/aromatic N) is 2. The summed E-state index contributed by atoms with van der Waals surface area (Å²) in [6, 6.07) is 0. The van der Waals surface area contributed by atoms with Crippen LogP contribution in [0.4, 0.5) is 0 Å². The van der Waals surface area contributed by atoms with E-state index < -0.39 is 0 Å². The first-order valence-electron chi connectivity index (χ1n) is 6.51. The minimum Gasteiger partial charge on any atom is -0.381 e. The second-order valence-corrected chi connectivity index (χ2v) is 6.05. The largest absolute Gasteiger partial charge is 0.381 e. The molecule has 2 N–H and O–H groups in total. The van der Waals surface area contributed by atoms with Crippen LogP contribution in [0.3, 0.4) is 0 Å². The fraction of sp³-hybridized carbons (Fsp3) is 0.917. The standard InChI is InChI=1S/C12H23N3O2S/c1-18-12(2-6-16-7-3-12)10-14-11(13)15-4-8-17-9-5-15/h2-10H2,1H3,(H2,13,14). The summed E-state index contributed by atoms with van der Waals surface area (Å²) in [7, 11) is 0. The van der Waals surface area contributed by atoms with Gasteiger partial charge in [-0.25, -0.2) is 0 Å². The molecular weight excluding hydrogens is 250 g/mol. The van der Waals surface area contributed by atoms with Gasteiger partial charge in [-0.15, -0.1) is 0 Å². The first-order chi connectivity index (χ1) is 8.76. The topological polar surface area (TPSA) is 60.1 Å². The lowest BCUT2D eigenvalue weighted by Crippen LogP contribution is -2.46. The zero-order valence-electron chi connectivity index (χ0n) is 11.1. The molecule has 0 radical (unpaired) electrons. The fourth-order valence-corrected chi connectivity index (χ4v) is 3.06. The minimum absolute atomic E-state index is 0.217. The number of rotatable bonds is 3. The van der Waals surface area contributed by atoms with Crippen LogP contribution in [0, 0.1) is 0 Å². The fourth-order valence-electron chi connectivity index (χ4n) is 2.29. The summed E-state index contributed by atoms with van der Waals surface area (Å²) in [5.41, 5.74) is 6.06. The second-order valence-electron chi connectivity index (χ2n) is 4.77. The lowest BCUT2D eigenvalue weighted by atomic mass is 9.99. The predicted molar refractivity (Wildman–Crippen MR) is 75.2 cm³/mol. The van der Waals surface area contributed by atoms with Crippen LogP contribution in [0.2, 0.25) is 0 Å². The van der Waals surface area contributed by atoms with Gasteiger partial charge in [-0.1, -0.05) is 0 Å². The molecule has 0 atom stereocenters. The Labute approximate surface area is 113 Å². The zero-order valence-corrected chi connectivity index (χ0v) is 11.9. The number of morpholine rings is 1. The summed E-state index contributed by atoms with van der Waals surface area (Å²) in [5.74, 6) is 0.665. The minimum atomic E-state index is 0.217. The molecule has 0 aromatic carbocycles. The smallest absolute Gasteiger partial charge is 0.191 e. The predicted octanol–water partition coefficient (Wildman–Crippen LogP) is 0.546. The molecule has 0 aromatic heterocycles. The molecule has 0 aromatic rings. The monoisotopic (exact) mass is 273 g/mol. The second kappa shape index (κ2) is 6.63. The summed E-state index contributed by atoms with van der Waals surface area (Å²) >= 11 is 1.90. The van der Waals surface area contributed by atoms with Crippen molar-refractivity contribution in [2.75, 3.05) is 52.3 Å². The van der Waals surface area contributed by atoms with E-state index in [2.05, 4.69) is 16.1 Å². The van der Waals surface area contributed by atoms with Crippen LogP contribution in [0.25, 0.3) is 0 Å². The Morgan fingerprint density at radius 2 is 1.83 bits per heavy atom. The normalized spacial score (nSPS) is 25.2. The van der Waals surface area contributed by atoms with Crippen molar-refractivity contribution < 1.29 is 9.47 Å². The van der Waals surface area contributed by atoms with Gasteiger partial charge in [0.15, 0.2) is 5.96 Å². The van der Waals surface area contributed by atoms with Crippen molar-refractivity contribution in [2.24, 2.45) is 10.7 Å². The van der Waals surface area contributed by atoms with E-state index in [9.17, 15) is 0 Å². The van der Waals surface area contributed by atoms with Crippen molar-refractivity contribution in [2.45, 2.75) is 17.6 Å². The van der Waals surface area contributed by atoms with E-state index in [-0.39, 0.29) is 4.75 Å². The summed E-state index contributed by atoms with van der Waals surface area (Å²) < 4.78 is 11.0. The maximum atomic E-state index is 6.06. The molecule has 2 rings (SSSR count). The highest BCUT2D eigenvalue weighted by atomic mass is 32.2. The molecule has 2 aliphatic heterocycles. The first kappa shape index (κ1) is 14.0. The maximum Gasteiger partial charge on any atom is 0.191 e. The Balaban J connectivity index is 1.90. The average molecular weight is 273 g/mol. The highest BCUT2D eigenvalue weighted by molar-refractivity contribution is 8.00. The zero-order chi connectivity index (χ0) is 12.8. The highest BCUT2D eigenvalue weighted by Gasteiger charge is 2.31. The van der Waals surface area contributed by atoms with Crippen LogP contribution >= 0.6 is 11.8 Å². The van der Waals surface area contributed by atoms with Gasteiger partial charge >= 0.3 is 0 Å². The van der Waals surface area contributed by atoms with Crippen molar-refractivity contribution in [1.82, 2.24) is 4.90 Å². The highest BCUT2D eigenvalue weighted by Crippen LogP contribution is 2.33. The number of guanidine groups is 1. The quantitative estimate of drug-likeness (QED) is 0.601. The third kappa shape index (κ3) is 3.52. The van der Waals surface area contributed by atoms with Gasteiger partial charge in [0.2, 0.25) is 0 Å². The van der Waals surface area contributed by atoms with Crippen LogP contribution < -0.4 is 5.73 Å². The van der Waals surface area contributed by atoms with Gasteiger partial charge in [0, 0.05) is 31.1 Å². The van der Waals surface area contributed by atoms with Crippen LogP contribution in [0.1, 0.15) is 12.8 Å². The van der Waals surface area contributed by atoms with Gasteiger partial charge in [-0.3, -0.25) is 4.99 Å². The van der Waals surface area contributed by atoms with Crippen molar-refractivity contribution in [3.8, 4) is 0 Å². The van der Waals surface area contributed by atoms with Gasteiger partial charge in [0.1, 0.15) is 0 Å². The summed E-state index contributed by atoms with van der Waals surface area (Å²) in [4.78, 5) is 6.71. The Kier molecular flexibility index (Phi) is 5.14. The third-order valence-electron chi connectivity index (χ3n) is 3.70. The van der Waals surface area contributed by atoms with E-state index in [0.29, 0.717) is 5.96 Å². The lowest BCUT2D eigenvalue weighted by molar-refractivity contribution is 0.0669. The number of nitrogens with two attached hydrogens (primary N) is 1.